The predicted molar refractivity (Wildman–Crippen MR) is 73.1 cm³/mol. The first kappa shape index (κ1) is 14.7. The van der Waals surface area contributed by atoms with Gasteiger partial charge in [0.05, 0.1) is 12.3 Å². The summed E-state index contributed by atoms with van der Waals surface area (Å²) in [5.74, 6) is 0. The summed E-state index contributed by atoms with van der Waals surface area (Å²) in [6, 6.07) is 2.38. The summed E-state index contributed by atoms with van der Waals surface area (Å²) in [5, 5.41) is 16.8. The van der Waals surface area contributed by atoms with Crippen LogP contribution >= 0.6 is 0 Å². The van der Waals surface area contributed by atoms with E-state index in [9.17, 15) is 5.26 Å². The molecule has 1 rings (SSSR count). The van der Waals surface area contributed by atoms with E-state index in [1.807, 2.05) is 24.7 Å². The van der Waals surface area contributed by atoms with E-state index in [0.29, 0.717) is 0 Å². The van der Waals surface area contributed by atoms with E-state index in [0.717, 1.165) is 38.8 Å². The van der Waals surface area contributed by atoms with Crippen molar-refractivity contribution in [2.45, 2.75) is 58.5 Å². The lowest BCUT2D eigenvalue weighted by atomic mass is 9.96. The van der Waals surface area contributed by atoms with Gasteiger partial charge in [0.1, 0.15) is 5.54 Å². The second kappa shape index (κ2) is 7.17. The molecule has 0 bridgehead atoms. The average Bonchev–Trinajstić information content (AvgIpc) is 2.78. The predicted octanol–water partition coefficient (Wildman–Crippen LogP) is 2.64. The van der Waals surface area contributed by atoms with E-state index in [1.54, 1.807) is 0 Å². The average molecular weight is 248 g/mol. The fourth-order valence-electron chi connectivity index (χ4n) is 1.93. The molecule has 0 amide bonds. The Balaban J connectivity index is 2.25. The molecule has 18 heavy (non-hydrogen) atoms. The van der Waals surface area contributed by atoms with Crippen LogP contribution in [0.15, 0.2) is 12.4 Å². The van der Waals surface area contributed by atoms with Gasteiger partial charge in [0.25, 0.3) is 0 Å². The fourth-order valence-corrected chi connectivity index (χ4v) is 1.93. The van der Waals surface area contributed by atoms with Gasteiger partial charge in [-0.1, -0.05) is 6.92 Å². The van der Waals surface area contributed by atoms with Crippen molar-refractivity contribution >= 4 is 0 Å². The maximum atomic E-state index is 9.20. The molecule has 1 atom stereocenters. The smallest absolute Gasteiger partial charge is 0.103 e. The van der Waals surface area contributed by atoms with Crippen LogP contribution in [0.25, 0.3) is 0 Å². The lowest BCUT2D eigenvalue weighted by molar-refractivity contribution is 0.393. The first-order valence-corrected chi connectivity index (χ1v) is 6.75. The Labute approximate surface area is 110 Å². The number of aromatic nitrogens is 2. The summed E-state index contributed by atoms with van der Waals surface area (Å²) in [5.41, 5.74) is 0.817. The van der Waals surface area contributed by atoms with Crippen molar-refractivity contribution < 1.29 is 0 Å². The minimum atomic E-state index is -0.379. The number of hydrogen-bond acceptors (Lipinski definition) is 3. The van der Waals surface area contributed by atoms with Crippen LogP contribution in [-0.2, 0) is 6.54 Å². The summed E-state index contributed by atoms with van der Waals surface area (Å²) < 4.78 is 1.97. The molecule has 0 saturated heterocycles. The second-order valence-corrected chi connectivity index (χ2v) is 5.11. The van der Waals surface area contributed by atoms with Crippen LogP contribution in [-0.4, -0.2) is 21.9 Å². The molecule has 1 aromatic rings. The standard InChI is InChI=1S/C14H24N4/c1-4-8-16-14(3,12-15)7-5-6-9-18-11-13(2)10-17-18/h10-11,16H,4-9H2,1-3H3. The molecule has 0 aliphatic rings. The minimum absolute atomic E-state index is 0.379. The first-order chi connectivity index (χ1) is 8.59. The molecule has 0 fully saturated rings. The largest absolute Gasteiger partial charge is 0.300 e. The van der Waals surface area contributed by atoms with Gasteiger partial charge in [-0.25, -0.2) is 0 Å². The van der Waals surface area contributed by atoms with Gasteiger partial charge in [0, 0.05) is 12.7 Å². The third kappa shape index (κ3) is 4.89. The van der Waals surface area contributed by atoms with Crippen LogP contribution < -0.4 is 5.32 Å². The van der Waals surface area contributed by atoms with E-state index < -0.39 is 0 Å². The van der Waals surface area contributed by atoms with Gasteiger partial charge in [0.15, 0.2) is 0 Å². The maximum Gasteiger partial charge on any atom is 0.103 e. The third-order valence-corrected chi connectivity index (χ3v) is 3.09. The zero-order chi connectivity index (χ0) is 13.4. The Kier molecular flexibility index (Phi) is 5.87. The first-order valence-electron chi connectivity index (χ1n) is 6.75. The van der Waals surface area contributed by atoms with E-state index in [4.69, 9.17) is 0 Å². The molecule has 0 spiro atoms. The number of nitriles is 1. The number of unbranched alkanes of at least 4 members (excludes halogenated alkanes) is 1. The Bertz CT molecular complexity index is 391. The summed E-state index contributed by atoms with van der Waals surface area (Å²) in [4.78, 5) is 0. The molecule has 0 radical (unpaired) electrons. The highest BCUT2D eigenvalue weighted by Gasteiger charge is 2.21. The SMILES string of the molecule is CCCNC(C)(C#N)CCCCn1cc(C)cn1. The molecule has 1 unspecified atom stereocenters. The lowest BCUT2D eigenvalue weighted by Crippen LogP contribution is -2.41. The lowest BCUT2D eigenvalue weighted by Gasteiger charge is -2.22. The highest BCUT2D eigenvalue weighted by molar-refractivity contribution is 5.03. The van der Waals surface area contributed by atoms with Gasteiger partial charge in [-0.2, -0.15) is 10.4 Å². The molecule has 0 saturated carbocycles. The molecule has 100 valence electrons. The van der Waals surface area contributed by atoms with Crippen LogP contribution in [0.2, 0.25) is 0 Å². The summed E-state index contributed by atoms with van der Waals surface area (Å²) >= 11 is 0. The van der Waals surface area contributed by atoms with E-state index in [-0.39, 0.29) is 5.54 Å². The highest BCUT2D eigenvalue weighted by atomic mass is 15.3. The molecule has 0 aliphatic carbocycles. The third-order valence-electron chi connectivity index (χ3n) is 3.09. The maximum absolute atomic E-state index is 9.20. The van der Waals surface area contributed by atoms with Crippen LogP contribution in [0.1, 0.15) is 45.1 Å². The minimum Gasteiger partial charge on any atom is -0.300 e. The zero-order valence-electron chi connectivity index (χ0n) is 11.7. The number of hydrogen-bond donors (Lipinski definition) is 1. The van der Waals surface area contributed by atoms with E-state index in [1.165, 1.54) is 5.56 Å². The molecule has 1 N–H and O–H groups in total. The fraction of sp³-hybridized carbons (Fsp3) is 0.714. The zero-order valence-corrected chi connectivity index (χ0v) is 11.7. The molecule has 0 aromatic carbocycles. The summed E-state index contributed by atoms with van der Waals surface area (Å²) in [7, 11) is 0. The van der Waals surface area contributed by atoms with Gasteiger partial charge in [-0.3, -0.25) is 10.00 Å². The van der Waals surface area contributed by atoms with Crippen molar-refractivity contribution in [2.24, 2.45) is 0 Å². The van der Waals surface area contributed by atoms with Crippen molar-refractivity contribution in [2.75, 3.05) is 6.54 Å². The number of aryl methyl sites for hydroxylation is 2. The molecule has 1 heterocycles. The van der Waals surface area contributed by atoms with E-state index >= 15 is 0 Å². The molecule has 0 aliphatic heterocycles. The Morgan fingerprint density at radius 2 is 2.28 bits per heavy atom. The van der Waals surface area contributed by atoms with E-state index in [2.05, 4.69) is 29.6 Å². The number of nitrogens with zero attached hydrogens (tertiary/aromatic N) is 3. The van der Waals surface area contributed by atoms with Crippen molar-refractivity contribution in [1.82, 2.24) is 15.1 Å². The van der Waals surface area contributed by atoms with Crippen LogP contribution in [0.4, 0.5) is 0 Å². The van der Waals surface area contributed by atoms with Gasteiger partial charge in [0.2, 0.25) is 0 Å². The Morgan fingerprint density at radius 1 is 1.50 bits per heavy atom. The van der Waals surface area contributed by atoms with Crippen molar-refractivity contribution in [1.29, 1.82) is 5.26 Å². The molecule has 4 heteroatoms. The molecule has 1 aromatic heterocycles. The second-order valence-electron chi connectivity index (χ2n) is 5.11. The van der Waals surface area contributed by atoms with Crippen molar-refractivity contribution in [3.05, 3.63) is 18.0 Å². The van der Waals surface area contributed by atoms with Crippen LogP contribution in [0, 0.1) is 18.3 Å². The normalized spacial score (nSPS) is 14.1. The summed E-state index contributed by atoms with van der Waals surface area (Å²) in [6.07, 6.45) is 7.99. The van der Waals surface area contributed by atoms with Gasteiger partial charge in [-0.05, 0) is 51.6 Å². The topological polar surface area (TPSA) is 53.6 Å². The van der Waals surface area contributed by atoms with Crippen molar-refractivity contribution in [3.8, 4) is 6.07 Å². The quantitative estimate of drug-likeness (QED) is 0.720. The summed E-state index contributed by atoms with van der Waals surface area (Å²) in [6.45, 7) is 7.99. The monoisotopic (exact) mass is 248 g/mol. The van der Waals surface area contributed by atoms with Gasteiger partial charge in [-0.15, -0.1) is 0 Å². The van der Waals surface area contributed by atoms with Gasteiger partial charge < -0.3 is 0 Å². The molecular formula is C14H24N4. The van der Waals surface area contributed by atoms with Crippen molar-refractivity contribution in [3.63, 3.8) is 0 Å². The highest BCUT2D eigenvalue weighted by Crippen LogP contribution is 2.13. The van der Waals surface area contributed by atoms with Gasteiger partial charge >= 0.3 is 0 Å². The molecular weight excluding hydrogens is 224 g/mol. The Morgan fingerprint density at radius 3 is 2.83 bits per heavy atom. The van der Waals surface area contributed by atoms with Crippen LogP contribution in [0.3, 0.4) is 0 Å². The number of nitrogens with one attached hydrogen (secondary N) is 1. The Hall–Kier alpha value is -1.34. The molecule has 4 nitrogen and oxygen atoms in total. The number of rotatable bonds is 8. The van der Waals surface area contributed by atoms with Crippen LogP contribution in [0.5, 0.6) is 0 Å².